The Labute approximate surface area is 130 Å². The zero-order valence-corrected chi connectivity index (χ0v) is 13.7. The third-order valence-electron chi connectivity index (χ3n) is 2.60. The van der Waals surface area contributed by atoms with Crippen LogP contribution in [0, 0.1) is 0 Å². The Hall–Kier alpha value is -0.840. The monoisotopic (exact) mass is 383 g/mol. The summed E-state index contributed by atoms with van der Waals surface area (Å²) < 4.78 is 7.83. The van der Waals surface area contributed by atoms with E-state index >= 15 is 0 Å². The van der Waals surface area contributed by atoms with Crippen molar-refractivity contribution in [2.45, 2.75) is 19.4 Å². The van der Waals surface area contributed by atoms with Gasteiger partial charge in [-0.05, 0) is 49.2 Å². The van der Waals surface area contributed by atoms with Gasteiger partial charge in [0, 0.05) is 15.0 Å². The van der Waals surface area contributed by atoms with Crippen molar-refractivity contribution in [1.82, 2.24) is 0 Å². The van der Waals surface area contributed by atoms with Gasteiger partial charge in [-0.25, -0.2) is 0 Å². The van der Waals surface area contributed by atoms with Gasteiger partial charge >= 0.3 is 0 Å². The van der Waals surface area contributed by atoms with Crippen LogP contribution in [0.15, 0.2) is 51.4 Å². The molecule has 0 saturated carbocycles. The number of rotatable bonds is 4. The maximum absolute atomic E-state index is 5.81. The number of benzene rings is 2. The maximum atomic E-state index is 5.81. The molecule has 2 rings (SSSR count). The number of hydrogen-bond donors (Lipinski definition) is 1. The summed E-state index contributed by atoms with van der Waals surface area (Å²) in [6, 6.07) is 13.9. The molecule has 19 heavy (non-hydrogen) atoms. The topological polar surface area (TPSA) is 35.2 Å². The molecule has 2 nitrogen and oxygen atoms in total. The van der Waals surface area contributed by atoms with Crippen LogP contribution in [0.2, 0.25) is 0 Å². The molecule has 1 atom stereocenters. The van der Waals surface area contributed by atoms with Gasteiger partial charge in [-0.15, -0.1) is 0 Å². The lowest BCUT2D eigenvalue weighted by Crippen LogP contribution is -2.17. The first kappa shape index (κ1) is 14.6. The van der Waals surface area contributed by atoms with Gasteiger partial charge in [0.2, 0.25) is 0 Å². The average Bonchev–Trinajstić information content (AvgIpc) is 2.32. The van der Waals surface area contributed by atoms with E-state index in [4.69, 9.17) is 10.5 Å². The van der Waals surface area contributed by atoms with Crippen LogP contribution in [-0.2, 0) is 6.42 Å². The fourth-order valence-electron chi connectivity index (χ4n) is 1.77. The van der Waals surface area contributed by atoms with E-state index in [1.807, 2.05) is 49.4 Å². The SMILES string of the molecule is CC(N)Cc1ccc(Oc2cccc(Br)c2)cc1Br. The number of hydrogen-bond acceptors (Lipinski definition) is 2. The second-order valence-corrected chi connectivity index (χ2v) is 6.26. The summed E-state index contributed by atoms with van der Waals surface area (Å²) in [4.78, 5) is 0. The fourth-order valence-corrected chi connectivity index (χ4v) is 2.67. The Morgan fingerprint density at radius 1 is 1.11 bits per heavy atom. The molecule has 0 spiro atoms. The molecule has 0 aliphatic heterocycles. The van der Waals surface area contributed by atoms with E-state index in [9.17, 15) is 0 Å². The molecular weight excluding hydrogens is 370 g/mol. The third kappa shape index (κ3) is 4.34. The highest BCUT2D eigenvalue weighted by molar-refractivity contribution is 9.10. The maximum Gasteiger partial charge on any atom is 0.128 e. The Morgan fingerprint density at radius 2 is 1.84 bits per heavy atom. The van der Waals surface area contributed by atoms with E-state index in [0.717, 1.165) is 26.9 Å². The summed E-state index contributed by atoms with van der Waals surface area (Å²) in [6.07, 6.45) is 0.845. The first-order valence-corrected chi connectivity index (χ1v) is 7.60. The fraction of sp³-hybridized carbons (Fsp3) is 0.200. The molecule has 2 N–H and O–H groups in total. The van der Waals surface area contributed by atoms with Gasteiger partial charge in [0.1, 0.15) is 11.5 Å². The van der Waals surface area contributed by atoms with Crippen molar-refractivity contribution in [2.75, 3.05) is 0 Å². The molecule has 0 fully saturated rings. The van der Waals surface area contributed by atoms with Crippen LogP contribution in [0.5, 0.6) is 11.5 Å². The summed E-state index contributed by atoms with van der Waals surface area (Å²) in [7, 11) is 0. The van der Waals surface area contributed by atoms with Crippen molar-refractivity contribution in [3.63, 3.8) is 0 Å². The molecule has 0 radical (unpaired) electrons. The lowest BCUT2D eigenvalue weighted by Gasteiger charge is -2.11. The van der Waals surface area contributed by atoms with Crippen LogP contribution < -0.4 is 10.5 Å². The molecule has 100 valence electrons. The van der Waals surface area contributed by atoms with Gasteiger partial charge in [-0.2, -0.15) is 0 Å². The largest absolute Gasteiger partial charge is 0.457 e. The van der Waals surface area contributed by atoms with E-state index in [0.29, 0.717) is 0 Å². The molecule has 2 aromatic carbocycles. The van der Waals surface area contributed by atoms with Gasteiger partial charge in [0.15, 0.2) is 0 Å². The van der Waals surface area contributed by atoms with Gasteiger partial charge in [0.25, 0.3) is 0 Å². The predicted octanol–water partition coefficient (Wildman–Crippen LogP) is 4.89. The smallest absolute Gasteiger partial charge is 0.128 e. The molecule has 1 unspecified atom stereocenters. The van der Waals surface area contributed by atoms with Crippen LogP contribution in [0.1, 0.15) is 12.5 Å². The quantitative estimate of drug-likeness (QED) is 0.813. The minimum Gasteiger partial charge on any atom is -0.457 e. The highest BCUT2D eigenvalue weighted by atomic mass is 79.9. The van der Waals surface area contributed by atoms with E-state index in [1.54, 1.807) is 0 Å². The van der Waals surface area contributed by atoms with E-state index in [1.165, 1.54) is 5.56 Å². The van der Waals surface area contributed by atoms with Crippen LogP contribution in [0.25, 0.3) is 0 Å². The predicted molar refractivity (Wildman–Crippen MR) is 85.7 cm³/mol. The molecule has 0 aliphatic carbocycles. The van der Waals surface area contributed by atoms with Gasteiger partial charge in [-0.1, -0.05) is 44.0 Å². The standard InChI is InChI=1S/C15H15Br2NO/c1-10(18)7-11-5-6-14(9-15(11)17)19-13-4-2-3-12(16)8-13/h2-6,8-10H,7,18H2,1H3. The number of ether oxygens (including phenoxy) is 1. The van der Waals surface area contributed by atoms with Crippen molar-refractivity contribution in [2.24, 2.45) is 5.73 Å². The highest BCUT2D eigenvalue weighted by Crippen LogP contribution is 2.28. The first-order chi connectivity index (χ1) is 9.04. The zero-order valence-electron chi connectivity index (χ0n) is 10.6. The summed E-state index contributed by atoms with van der Waals surface area (Å²) in [5.41, 5.74) is 7.01. The Bertz CT molecular complexity index is 570. The van der Waals surface area contributed by atoms with Gasteiger partial charge < -0.3 is 10.5 Å². The molecule has 0 amide bonds. The Balaban J connectivity index is 2.16. The Morgan fingerprint density at radius 3 is 2.47 bits per heavy atom. The molecule has 0 heterocycles. The molecule has 4 heteroatoms. The zero-order chi connectivity index (χ0) is 13.8. The van der Waals surface area contributed by atoms with E-state index in [-0.39, 0.29) is 6.04 Å². The number of halogens is 2. The second kappa shape index (κ2) is 6.55. The normalized spacial score (nSPS) is 12.2. The van der Waals surface area contributed by atoms with Gasteiger partial charge in [-0.3, -0.25) is 0 Å². The summed E-state index contributed by atoms with van der Waals surface area (Å²) in [6.45, 7) is 2.00. The summed E-state index contributed by atoms with van der Waals surface area (Å²) in [5, 5.41) is 0. The van der Waals surface area contributed by atoms with Crippen molar-refractivity contribution >= 4 is 31.9 Å². The highest BCUT2D eigenvalue weighted by Gasteiger charge is 2.05. The third-order valence-corrected chi connectivity index (χ3v) is 3.83. The summed E-state index contributed by atoms with van der Waals surface area (Å²) in [5.74, 6) is 1.61. The molecule has 0 aromatic heterocycles. The molecule has 2 aromatic rings. The van der Waals surface area contributed by atoms with Crippen molar-refractivity contribution in [3.05, 3.63) is 57.0 Å². The first-order valence-electron chi connectivity index (χ1n) is 6.02. The van der Waals surface area contributed by atoms with Crippen molar-refractivity contribution < 1.29 is 4.74 Å². The number of nitrogens with two attached hydrogens (primary N) is 1. The Kier molecular flexibility index (Phi) is 5.02. The molecule has 0 saturated heterocycles. The van der Waals surface area contributed by atoms with Crippen LogP contribution in [0.4, 0.5) is 0 Å². The second-order valence-electron chi connectivity index (χ2n) is 4.49. The van der Waals surface area contributed by atoms with E-state index in [2.05, 4.69) is 31.9 Å². The van der Waals surface area contributed by atoms with Crippen LogP contribution in [-0.4, -0.2) is 6.04 Å². The minimum atomic E-state index is 0.146. The van der Waals surface area contributed by atoms with E-state index < -0.39 is 0 Å². The van der Waals surface area contributed by atoms with Crippen molar-refractivity contribution in [3.8, 4) is 11.5 Å². The molecular formula is C15H15Br2NO. The average molecular weight is 385 g/mol. The summed E-state index contributed by atoms with van der Waals surface area (Å²) >= 11 is 6.98. The van der Waals surface area contributed by atoms with Crippen LogP contribution >= 0.6 is 31.9 Å². The lowest BCUT2D eigenvalue weighted by molar-refractivity contribution is 0.481. The molecule has 0 bridgehead atoms. The van der Waals surface area contributed by atoms with Crippen LogP contribution in [0.3, 0.4) is 0 Å². The lowest BCUT2D eigenvalue weighted by atomic mass is 10.1. The van der Waals surface area contributed by atoms with Crippen molar-refractivity contribution in [1.29, 1.82) is 0 Å². The van der Waals surface area contributed by atoms with Gasteiger partial charge in [0.05, 0.1) is 0 Å². The minimum absolute atomic E-state index is 0.146. The molecule has 0 aliphatic rings.